The summed E-state index contributed by atoms with van der Waals surface area (Å²) in [7, 11) is 0. The highest BCUT2D eigenvalue weighted by Crippen LogP contribution is 2.35. The molecule has 11 heteroatoms. The third-order valence-corrected chi connectivity index (χ3v) is 4.79. The van der Waals surface area contributed by atoms with Crippen LogP contribution in [-0.4, -0.2) is 37.7 Å². The van der Waals surface area contributed by atoms with E-state index in [2.05, 4.69) is 4.98 Å². The molecule has 0 radical (unpaired) electrons. The number of thiocarbonyl (C=S) groups is 1. The van der Waals surface area contributed by atoms with Crippen LogP contribution in [0.1, 0.15) is 24.1 Å². The maximum atomic E-state index is 12.6. The van der Waals surface area contributed by atoms with Gasteiger partial charge >= 0.3 is 12.1 Å². The van der Waals surface area contributed by atoms with Gasteiger partial charge in [0.2, 0.25) is 0 Å². The van der Waals surface area contributed by atoms with Gasteiger partial charge in [-0.3, -0.25) is 19.5 Å². The molecule has 0 bridgehead atoms. The topological polar surface area (TPSA) is 70.5 Å². The number of hydrogen-bond donors (Lipinski definition) is 1. The van der Waals surface area contributed by atoms with Crippen LogP contribution in [0.4, 0.5) is 13.2 Å². The summed E-state index contributed by atoms with van der Waals surface area (Å²) in [6.45, 7) is 0.141. The van der Waals surface area contributed by atoms with Crippen LogP contribution in [0.25, 0.3) is 6.08 Å². The van der Waals surface area contributed by atoms with Gasteiger partial charge < -0.3 is 5.11 Å². The summed E-state index contributed by atoms with van der Waals surface area (Å²) in [6.07, 6.45) is -2.55. The van der Waals surface area contributed by atoms with Crippen LogP contribution in [0.2, 0.25) is 5.02 Å². The Labute approximate surface area is 154 Å². The minimum Gasteiger partial charge on any atom is -0.481 e. The van der Waals surface area contributed by atoms with Gasteiger partial charge in [0.05, 0.1) is 21.2 Å². The van der Waals surface area contributed by atoms with Crippen LogP contribution >= 0.6 is 35.6 Å². The molecule has 0 unspecified atom stereocenters. The van der Waals surface area contributed by atoms with Crippen LogP contribution in [0.5, 0.6) is 0 Å². The number of amides is 1. The van der Waals surface area contributed by atoms with E-state index in [1.807, 2.05) is 0 Å². The van der Waals surface area contributed by atoms with Crippen molar-refractivity contribution in [3.63, 3.8) is 0 Å². The van der Waals surface area contributed by atoms with E-state index < -0.39 is 23.6 Å². The molecule has 25 heavy (non-hydrogen) atoms. The van der Waals surface area contributed by atoms with E-state index in [9.17, 15) is 22.8 Å². The molecule has 1 fully saturated rings. The number of carbonyl (C=O) groups is 2. The van der Waals surface area contributed by atoms with Crippen molar-refractivity contribution < 1.29 is 27.9 Å². The van der Waals surface area contributed by atoms with Gasteiger partial charge in [0.25, 0.3) is 5.91 Å². The lowest BCUT2D eigenvalue weighted by molar-refractivity contribution is -0.138. The normalized spacial score (nSPS) is 16.8. The van der Waals surface area contributed by atoms with Crippen LogP contribution in [0.3, 0.4) is 0 Å². The zero-order valence-electron chi connectivity index (χ0n) is 12.3. The first-order valence-corrected chi connectivity index (χ1v) is 8.40. The van der Waals surface area contributed by atoms with Crippen LogP contribution < -0.4 is 0 Å². The molecule has 1 saturated heterocycles. The number of aromatic nitrogens is 1. The summed E-state index contributed by atoms with van der Waals surface area (Å²) in [5, 5.41) is 8.38. The number of nitrogens with zero attached hydrogens (tertiary/aromatic N) is 2. The lowest BCUT2D eigenvalue weighted by Gasteiger charge is -2.13. The largest absolute Gasteiger partial charge is 0.481 e. The number of halogens is 4. The van der Waals surface area contributed by atoms with E-state index in [1.165, 1.54) is 11.0 Å². The van der Waals surface area contributed by atoms with E-state index in [-0.39, 0.29) is 39.3 Å². The van der Waals surface area contributed by atoms with Crippen LogP contribution in [-0.2, 0) is 15.8 Å². The van der Waals surface area contributed by atoms with Crippen molar-refractivity contribution in [2.24, 2.45) is 0 Å². The minimum atomic E-state index is -4.57. The van der Waals surface area contributed by atoms with Crippen molar-refractivity contribution in [3.8, 4) is 0 Å². The quantitative estimate of drug-likeness (QED) is 0.587. The molecule has 1 N–H and O–H groups in total. The monoisotopic (exact) mass is 410 g/mol. The average molecular weight is 411 g/mol. The molecule has 5 nitrogen and oxygen atoms in total. The Bertz CT molecular complexity index is 768. The molecule has 2 rings (SSSR count). The van der Waals surface area contributed by atoms with Gasteiger partial charge in [0, 0.05) is 19.2 Å². The van der Waals surface area contributed by atoms with Crippen LogP contribution in [0.15, 0.2) is 17.2 Å². The number of aliphatic carboxylic acids is 1. The Morgan fingerprint density at radius 2 is 2.16 bits per heavy atom. The predicted molar refractivity (Wildman–Crippen MR) is 91.0 cm³/mol. The fourth-order valence-corrected chi connectivity index (χ4v) is 3.42. The Hall–Kier alpha value is -1.65. The second kappa shape index (κ2) is 7.71. The first-order valence-electron chi connectivity index (χ1n) is 6.79. The lowest BCUT2D eigenvalue weighted by Crippen LogP contribution is -2.29. The van der Waals surface area contributed by atoms with Crippen molar-refractivity contribution in [1.29, 1.82) is 0 Å². The third kappa shape index (κ3) is 4.93. The molecule has 0 aromatic carbocycles. The van der Waals surface area contributed by atoms with E-state index in [0.29, 0.717) is 6.20 Å². The SMILES string of the molecule is O=C(O)CCCN1C(=O)C(=Cc2ncc(C(F)(F)F)cc2Cl)SC1=S. The van der Waals surface area contributed by atoms with Gasteiger partial charge in [0.15, 0.2) is 0 Å². The number of alkyl halides is 3. The number of thioether (sulfide) groups is 1. The number of carbonyl (C=O) groups excluding carboxylic acids is 1. The third-order valence-electron chi connectivity index (χ3n) is 3.11. The Kier molecular flexibility index (Phi) is 6.07. The predicted octanol–water partition coefficient (Wildman–Crippen LogP) is 3.82. The Morgan fingerprint density at radius 1 is 1.48 bits per heavy atom. The fourth-order valence-electron chi connectivity index (χ4n) is 1.92. The highest BCUT2D eigenvalue weighted by atomic mass is 35.5. The first-order chi connectivity index (χ1) is 11.6. The summed E-state index contributed by atoms with van der Waals surface area (Å²) in [4.78, 5) is 27.9. The van der Waals surface area contributed by atoms with Crippen molar-refractivity contribution >= 4 is 57.9 Å². The highest BCUT2D eigenvalue weighted by Gasteiger charge is 2.33. The van der Waals surface area contributed by atoms with Crippen LogP contribution in [0, 0.1) is 0 Å². The first kappa shape index (κ1) is 19.7. The molecule has 1 aromatic heterocycles. The van der Waals surface area contributed by atoms with Gasteiger partial charge in [-0.05, 0) is 18.6 Å². The van der Waals surface area contributed by atoms with E-state index >= 15 is 0 Å². The van der Waals surface area contributed by atoms with Crippen molar-refractivity contribution in [1.82, 2.24) is 9.88 Å². The number of rotatable bonds is 5. The van der Waals surface area contributed by atoms with Gasteiger partial charge in [-0.25, -0.2) is 0 Å². The Balaban J connectivity index is 2.17. The van der Waals surface area contributed by atoms with Gasteiger partial charge in [-0.2, -0.15) is 13.2 Å². The van der Waals surface area contributed by atoms with Crippen molar-refractivity contribution in [2.75, 3.05) is 6.54 Å². The molecule has 1 amide bonds. The molecule has 1 aliphatic heterocycles. The summed E-state index contributed by atoms with van der Waals surface area (Å²) in [5.74, 6) is -1.44. The lowest BCUT2D eigenvalue weighted by atomic mass is 10.2. The number of hydrogen-bond acceptors (Lipinski definition) is 5. The molecular formula is C14H10ClF3N2O3S2. The van der Waals surface area contributed by atoms with Gasteiger partial charge in [-0.15, -0.1) is 0 Å². The molecule has 1 aromatic rings. The fraction of sp³-hybridized carbons (Fsp3) is 0.286. The molecule has 134 valence electrons. The average Bonchev–Trinajstić information content (AvgIpc) is 2.75. The number of pyridine rings is 1. The van der Waals surface area contributed by atoms with Crippen molar-refractivity contribution in [3.05, 3.63) is 33.4 Å². The summed E-state index contributed by atoms with van der Waals surface area (Å²) < 4.78 is 38.1. The highest BCUT2D eigenvalue weighted by molar-refractivity contribution is 8.26. The standard InChI is InChI=1S/C14H10ClF3N2O3S2/c15-8-4-7(14(16,17)18)6-19-9(8)5-10-12(23)20(13(24)25-10)3-1-2-11(21)22/h4-6H,1-3H2,(H,21,22). The molecule has 1 aliphatic rings. The molecule has 0 spiro atoms. The van der Waals surface area contributed by atoms with Gasteiger partial charge in [0.1, 0.15) is 4.32 Å². The van der Waals surface area contributed by atoms with E-state index in [0.717, 1.165) is 17.8 Å². The van der Waals surface area contributed by atoms with Gasteiger partial charge in [-0.1, -0.05) is 35.6 Å². The molecule has 2 heterocycles. The maximum Gasteiger partial charge on any atom is 0.417 e. The summed E-state index contributed by atoms with van der Waals surface area (Å²) >= 11 is 11.8. The molecule has 0 aliphatic carbocycles. The summed E-state index contributed by atoms with van der Waals surface area (Å²) in [5.41, 5.74) is -0.975. The minimum absolute atomic E-state index is 0.0145. The zero-order valence-corrected chi connectivity index (χ0v) is 14.7. The number of carboxylic acids is 1. The second-order valence-corrected chi connectivity index (χ2v) is 7.00. The molecular weight excluding hydrogens is 401 g/mol. The zero-order chi connectivity index (χ0) is 18.8. The molecule has 0 atom stereocenters. The van der Waals surface area contributed by atoms with E-state index in [1.54, 1.807) is 0 Å². The molecule has 0 saturated carbocycles. The Morgan fingerprint density at radius 3 is 2.72 bits per heavy atom. The van der Waals surface area contributed by atoms with E-state index in [4.69, 9.17) is 28.9 Å². The summed E-state index contributed by atoms with van der Waals surface area (Å²) in [6, 6.07) is 0.730. The smallest absolute Gasteiger partial charge is 0.417 e. The second-order valence-electron chi connectivity index (χ2n) is 4.92. The van der Waals surface area contributed by atoms with Crippen molar-refractivity contribution in [2.45, 2.75) is 19.0 Å². The maximum absolute atomic E-state index is 12.6. The number of carboxylic acid groups (broad SMARTS) is 1.